The molecule has 130 valence electrons. The van der Waals surface area contributed by atoms with Gasteiger partial charge in [-0.05, 0) is 38.8 Å². The summed E-state index contributed by atoms with van der Waals surface area (Å²) in [5, 5.41) is 20.6. The third kappa shape index (κ3) is 3.47. The Hall–Kier alpha value is -2.64. The number of nitrogens with zero attached hydrogens (tertiary/aromatic N) is 2. The van der Waals surface area contributed by atoms with Gasteiger partial charge in [-0.15, -0.1) is 0 Å². The number of amides is 1. The molecule has 0 aromatic heterocycles. The van der Waals surface area contributed by atoms with E-state index in [4.69, 9.17) is 4.74 Å². The second kappa shape index (κ2) is 6.86. The summed E-state index contributed by atoms with van der Waals surface area (Å²) in [6.45, 7) is 4.12. The molecule has 1 N–H and O–H groups in total. The summed E-state index contributed by atoms with van der Waals surface area (Å²) in [7, 11) is 0. The number of nitro benzene ring substituents is 1. The number of rotatable bonds is 5. The SMILES string of the molecule is CCOc1ccc([N+](=O)[O-])c(C(=O)N2CCCC(C)(C(=O)O)C2)c1. The number of carbonyl (C=O) groups excluding carboxylic acids is 1. The summed E-state index contributed by atoms with van der Waals surface area (Å²) in [4.78, 5) is 36.2. The van der Waals surface area contributed by atoms with Crippen LogP contribution in [-0.4, -0.2) is 46.5 Å². The molecule has 1 aliphatic rings. The lowest BCUT2D eigenvalue weighted by Crippen LogP contribution is -2.48. The lowest BCUT2D eigenvalue weighted by Gasteiger charge is -2.37. The molecule has 1 aromatic carbocycles. The highest BCUT2D eigenvalue weighted by Gasteiger charge is 2.40. The molecule has 0 radical (unpaired) electrons. The lowest BCUT2D eigenvalue weighted by atomic mass is 9.82. The molecular weight excluding hydrogens is 316 g/mol. The monoisotopic (exact) mass is 336 g/mol. The smallest absolute Gasteiger partial charge is 0.311 e. The number of hydrogen-bond acceptors (Lipinski definition) is 5. The van der Waals surface area contributed by atoms with Crippen molar-refractivity contribution in [3.63, 3.8) is 0 Å². The van der Waals surface area contributed by atoms with E-state index in [9.17, 15) is 24.8 Å². The Labute approximate surface area is 139 Å². The van der Waals surface area contributed by atoms with E-state index in [1.807, 2.05) is 0 Å². The Bertz CT molecular complexity index is 675. The molecule has 1 fully saturated rings. The number of aliphatic carboxylic acids is 1. The van der Waals surface area contributed by atoms with Crippen LogP contribution in [0.5, 0.6) is 5.75 Å². The fourth-order valence-electron chi connectivity index (χ4n) is 2.86. The van der Waals surface area contributed by atoms with Gasteiger partial charge in [0.2, 0.25) is 0 Å². The van der Waals surface area contributed by atoms with Crippen LogP contribution in [-0.2, 0) is 4.79 Å². The minimum absolute atomic E-state index is 0.0250. The third-order valence-corrected chi connectivity index (χ3v) is 4.21. The van der Waals surface area contributed by atoms with Crippen molar-refractivity contribution in [3.8, 4) is 5.75 Å². The van der Waals surface area contributed by atoms with Crippen LogP contribution < -0.4 is 4.74 Å². The fourth-order valence-corrected chi connectivity index (χ4v) is 2.86. The topological polar surface area (TPSA) is 110 Å². The molecule has 1 amide bonds. The van der Waals surface area contributed by atoms with Gasteiger partial charge in [-0.2, -0.15) is 0 Å². The predicted molar refractivity (Wildman–Crippen MR) is 85.1 cm³/mol. The number of piperidine rings is 1. The molecule has 0 spiro atoms. The maximum absolute atomic E-state index is 12.8. The van der Waals surface area contributed by atoms with E-state index >= 15 is 0 Å². The van der Waals surface area contributed by atoms with Crippen molar-refractivity contribution in [2.75, 3.05) is 19.7 Å². The summed E-state index contributed by atoms with van der Waals surface area (Å²) in [6.07, 6.45) is 1.00. The number of hydrogen-bond donors (Lipinski definition) is 1. The number of carboxylic acid groups (broad SMARTS) is 1. The first-order chi connectivity index (χ1) is 11.3. The van der Waals surface area contributed by atoms with E-state index in [1.165, 1.54) is 23.1 Å². The fraction of sp³-hybridized carbons (Fsp3) is 0.500. The first-order valence-corrected chi connectivity index (χ1v) is 7.72. The van der Waals surface area contributed by atoms with Crippen LogP contribution in [0.15, 0.2) is 18.2 Å². The van der Waals surface area contributed by atoms with Gasteiger partial charge in [-0.25, -0.2) is 0 Å². The maximum atomic E-state index is 12.8. The summed E-state index contributed by atoms with van der Waals surface area (Å²) in [6, 6.07) is 4.02. The highest BCUT2D eigenvalue weighted by atomic mass is 16.6. The van der Waals surface area contributed by atoms with E-state index in [0.717, 1.165) is 0 Å². The summed E-state index contributed by atoms with van der Waals surface area (Å²) < 4.78 is 5.31. The molecule has 8 heteroatoms. The van der Waals surface area contributed by atoms with Gasteiger partial charge in [0, 0.05) is 19.2 Å². The predicted octanol–water partition coefficient (Wildman–Crippen LogP) is 2.32. The van der Waals surface area contributed by atoms with Crippen LogP contribution >= 0.6 is 0 Å². The standard InChI is InChI=1S/C16H20N2O6/c1-3-24-11-5-6-13(18(22)23)12(9-11)14(19)17-8-4-7-16(2,10-17)15(20)21/h5-6,9H,3-4,7-8,10H2,1-2H3,(H,20,21). The van der Waals surface area contributed by atoms with Gasteiger partial charge < -0.3 is 14.7 Å². The number of likely N-dealkylation sites (tertiary alicyclic amines) is 1. The van der Waals surface area contributed by atoms with Gasteiger partial charge in [0.1, 0.15) is 11.3 Å². The minimum atomic E-state index is -1.04. The molecule has 0 aliphatic carbocycles. The Morgan fingerprint density at radius 3 is 2.75 bits per heavy atom. The van der Waals surface area contributed by atoms with Crippen LogP contribution in [0, 0.1) is 15.5 Å². The molecule has 1 aromatic rings. The van der Waals surface area contributed by atoms with E-state index in [0.29, 0.717) is 31.7 Å². The normalized spacial score (nSPS) is 20.5. The zero-order valence-corrected chi connectivity index (χ0v) is 13.7. The zero-order chi connectivity index (χ0) is 17.9. The van der Waals surface area contributed by atoms with E-state index < -0.39 is 22.2 Å². The third-order valence-electron chi connectivity index (χ3n) is 4.21. The van der Waals surface area contributed by atoms with Crippen molar-refractivity contribution in [1.82, 2.24) is 4.90 Å². The van der Waals surface area contributed by atoms with Gasteiger partial charge in [0.05, 0.1) is 16.9 Å². The quantitative estimate of drug-likeness (QED) is 0.652. The van der Waals surface area contributed by atoms with Gasteiger partial charge in [-0.3, -0.25) is 19.7 Å². The first kappa shape index (κ1) is 17.7. The zero-order valence-electron chi connectivity index (χ0n) is 13.7. The molecular formula is C16H20N2O6. The van der Waals surface area contributed by atoms with Crippen LogP contribution in [0.4, 0.5) is 5.69 Å². The van der Waals surface area contributed by atoms with Crippen molar-refractivity contribution in [3.05, 3.63) is 33.9 Å². The average molecular weight is 336 g/mol. The van der Waals surface area contributed by atoms with Crippen molar-refractivity contribution >= 4 is 17.6 Å². The van der Waals surface area contributed by atoms with Gasteiger partial charge in [0.25, 0.3) is 11.6 Å². The number of carboxylic acids is 1. The Balaban J connectivity index is 2.35. The summed E-state index contributed by atoms with van der Waals surface area (Å²) in [5.41, 5.74) is -1.44. The van der Waals surface area contributed by atoms with E-state index in [2.05, 4.69) is 0 Å². The van der Waals surface area contributed by atoms with Crippen LogP contribution in [0.1, 0.15) is 37.0 Å². The molecule has 1 heterocycles. The summed E-state index contributed by atoms with van der Waals surface area (Å²) >= 11 is 0. The van der Waals surface area contributed by atoms with Crippen molar-refractivity contribution in [2.45, 2.75) is 26.7 Å². The molecule has 1 aliphatic heterocycles. The molecule has 1 atom stereocenters. The molecule has 8 nitrogen and oxygen atoms in total. The highest BCUT2D eigenvalue weighted by molar-refractivity contribution is 5.99. The lowest BCUT2D eigenvalue weighted by molar-refractivity contribution is -0.385. The number of carbonyl (C=O) groups is 2. The van der Waals surface area contributed by atoms with Crippen LogP contribution in [0.25, 0.3) is 0 Å². The van der Waals surface area contributed by atoms with E-state index in [-0.39, 0.29) is 17.8 Å². The first-order valence-electron chi connectivity index (χ1n) is 7.72. The van der Waals surface area contributed by atoms with Crippen molar-refractivity contribution in [2.24, 2.45) is 5.41 Å². The molecule has 2 rings (SSSR count). The van der Waals surface area contributed by atoms with Gasteiger partial charge in [0.15, 0.2) is 0 Å². The largest absolute Gasteiger partial charge is 0.494 e. The number of ether oxygens (including phenoxy) is 1. The average Bonchev–Trinajstić information content (AvgIpc) is 2.54. The minimum Gasteiger partial charge on any atom is -0.494 e. The molecule has 1 saturated heterocycles. The van der Waals surface area contributed by atoms with E-state index in [1.54, 1.807) is 13.8 Å². The Morgan fingerprint density at radius 2 is 2.17 bits per heavy atom. The van der Waals surface area contributed by atoms with Gasteiger partial charge >= 0.3 is 5.97 Å². The molecule has 0 saturated carbocycles. The molecule has 24 heavy (non-hydrogen) atoms. The Kier molecular flexibility index (Phi) is 5.06. The number of benzene rings is 1. The second-order valence-electron chi connectivity index (χ2n) is 6.07. The van der Waals surface area contributed by atoms with Crippen molar-refractivity contribution in [1.29, 1.82) is 0 Å². The second-order valence-corrected chi connectivity index (χ2v) is 6.07. The van der Waals surface area contributed by atoms with Crippen LogP contribution in [0.3, 0.4) is 0 Å². The molecule has 1 unspecified atom stereocenters. The van der Waals surface area contributed by atoms with Gasteiger partial charge in [-0.1, -0.05) is 0 Å². The summed E-state index contributed by atoms with van der Waals surface area (Å²) in [5.74, 6) is -1.16. The molecule has 0 bridgehead atoms. The van der Waals surface area contributed by atoms with Crippen molar-refractivity contribution < 1.29 is 24.4 Å². The maximum Gasteiger partial charge on any atom is 0.311 e. The van der Waals surface area contributed by atoms with Crippen LogP contribution in [0.2, 0.25) is 0 Å². The Morgan fingerprint density at radius 1 is 1.46 bits per heavy atom. The highest BCUT2D eigenvalue weighted by Crippen LogP contribution is 2.32. The number of nitro groups is 1.